The second-order valence-corrected chi connectivity index (χ2v) is 3.77. The monoisotopic (exact) mass is 186 g/mol. The first-order valence-corrected chi connectivity index (χ1v) is 4.76. The molecule has 2 heterocycles. The lowest BCUT2D eigenvalue weighted by Gasteiger charge is -2.01. The van der Waals surface area contributed by atoms with Crippen molar-refractivity contribution >= 4 is 11.7 Å². The van der Waals surface area contributed by atoms with Crippen molar-refractivity contribution in [1.29, 1.82) is 0 Å². The first kappa shape index (κ1) is 9.00. The van der Waals surface area contributed by atoms with Gasteiger partial charge < -0.3 is 0 Å². The predicted molar refractivity (Wildman–Crippen MR) is 59.3 cm³/mol. The predicted octanol–water partition coefficient (Wildman–Crippen LogP) is 3.07. The molecule has 0 bridgehead atoms. The zero-order valence-corrected chi connectivity index (χ0v) is 8.78. The fourth-order valence-corrected chi connectivity index (χ4v) is 1.63. The number of allylic oxidation sites excluding steroid dienone is 1. The van der Waals surface area contributed by atoms with E-state index in [0.29, 0.717) is 0 Å². The van der Waals surface area contributed by atoms with Gasteiger partial charge in [0, 0.05) is 5.69 Å². The van der Waals surface area contributed by atoms with Crippen molar-refractivity contribution in [2.45, 2.75) is 20.8 Å². The second kappa shape index (κ2) is 3.29. The maximum Gasteiger partial charge on any atom is 0.137 e. The quantitative estimate of drug-likeness (QED) is 0.669. The number of rotatable bonds is 1. The highest BCUT2D eigenvalue weighted by Gasteiger charge is 2.01. The molecule has 2 rings (SSSR count). The van der Waals surface area contributed by atoms with Gasteiger partial charge in [-0.2, -0.15) is 0 Å². The van der Waals surface area contributed by atoms with Crippen LogP contribution in [0.25, 0.3) is 11.7 Å². The third-order valence-corrected chi connectivity index (χ3v) is 2.19. The van der Waals surface area contributed by atoms with E-state index in [9.17, 15) is 0 Å². The zero-order valence-electron chi connectivity index (χ0n) is 8.78. The maximum absolute atomic E-state index is 4.35. The first-order valence-electron chi connectivity index (χ1n) is 4.76. The van der Waals surface area contributed by atoms with E-state index in [0.717, 1.165) is 11.3 Å². The third-order valence-electron chi connectivity index (χ3n) is 2.19. The van der Waals surface area contributed by atoms with E-state index in [1.807, 2.05) is 18.3 Å². The van der Waals surface area contributed by atoms with Crippen molar-refractivity contribution in [3.63, 3.8) is 0 Å². The molecule has 0 aliphatic heterocycles. The molecule has 0 aliphatic carbocycles. The Bertz CT molecular complexity index is 488. The van der Waals surface area contributed by atoms with Crippen LogP contribution < -0.4 is 0 Å². The fourth-order valence-electron chi connectivity index (χ4n) is 1.63. The van der Waals surface area contributed by atoms with E-state index < -0.39 is 0 Å². The SMILES string of the molecule is CC(C)=Cc1cnc2cccc(C)n12. The highest BCUT2D eigenvalue weighted by molar-refractivity contribution is 5.55. The molecule has 14 heavy (non-hydrogen) atoms. The molecule has 0 unspecified atom stereocenters. The maximum atomic E-state index is 4.35. The van der Waals surface area contributed by atoms with Crippen molar-refractivity contribution in [3.05, 3.63) is 41.4 Å². The molecular formula is C12H14N2. The minimum atomic E-state index is 1.01. The van der Waals surface area contributed by atoms with Crippen molar-refractivity contribution in [3.8, 4) is 0 Å². The van der Waals surface area contributed by atoms with Gasteiger partial charge in [-0.1, -0.05) is 11.6 Å². The highest BCUT2D eigenvalue weighted by atomic mass is 15.0. The summed E-state index contributed by atoms with van der Waals surface area (Å²) in [5.41, 5.74) is 4.66. The van der Waals surface area contributed by atoms with Crippen molar-refractivity contribution in [2.24, 2.45) is 0 Å². The van der Waals surface area contributed by atoms with E-state index in [4.69, 9.17) is 0 Å². The molecule has 0 fully saturated rings. The Morgan fingerprint density at radius 3 is 2.86 bits per heavy atom. The Morgan fingerprint density at radius 1 is 1.36 bits per heavy atom. The lowest BCUT2D eigenvalue weighted by atomic mass is 10.3. The van der Waals surface area contributed by atoms with Gasteiger partial charge in [-0.05, 0) is 39.0 Å². The molecule has 0 amide bonds. The van der Waals surface area contributed by atoms with Gasteiger partial charge in [-0.15, -0.1) is 0 Å². The molecule has 2 aromatic rings. The second-order valence-electron chi connectivity index (χ2n) is 3.77. The van der Waals surface area contributed by atoms with Gasteiger partial charge >= 0.3 is 0 Å². The Hall–Kier alpha value is -1.57. The molecule has 2 nitrogen and oxygen atoms in total. The molecular weight excluding hydrogens is 172 g/mol. The highest BCUT2D eigenvalue weighted by Crippen LogP contribution is 2.12. The standard InChI is InChI=1S/C12H14N2/c1-9(2)7-11-8-13-12-6-4-5-10(3)14(11)12/h4-8H,1-3H3. The van der Waals surface area contributed by atoms with Crippen molar-refractivity contribution in [1.82, 2.24) is 9.38 Å². The third kappa shape index (κ3) is 1.43. The summed E-state index contributed by atoms with van der Waals surface area (Å²) in [5.74, 6) is 0. The number of nitrogens with zero attached hydrogens (tertiary/aromatic N) is 2. The molecule has 0 saturated heterocycles. The van der Waals surface area contributed by atoms with E-state index in [1.165, 1.54) is 11.3 Å². The summed E-state index contributed by atoms with van der Waals surface area (Å²) in [6.07, 6.45) is 4.06. The van der Waals surface area contributed by atoms with E-state index in [1.54, 1.807) is 0 Å². The van der Waals surface area contributed by atoms with Crippen molar-refractivity contribution < 1.29 is 0 Å². The van der Waals surface area contributed by atoms with Crippen LogP contribution in [0.3, 0.4) is 0 Å². The lowest BCUT2D eigenvalue weighted by Crippen LogP contribution is -1.92. The molecule has 72 valence electrons. The van der Waals surface area contributed by atoms with E-state index in [2.05, 4.69) is 42.3 Å². The smallest absolute Gasteiger partial charge is 0.137 e. The van der Waals surface area contributed by atoms with Crippen LogP contribution in [0.1, 0.15) is 25.2 Å². The van der Waals surface area contributed by atoms with Crippen LogP contribution in [0.15, 0.2) is 30.0 Å². The molecule has 0 atom stereocenters. The fraction of sp³-hybridized carbons (Fsp3) is 0.250. The largest absolute Gasteiger partial charge is 0.298 e. The summed E-state index contributed by atoms with van der Waals surface area (Å²) >= 11 is 0. The Balaban J connectivity index is 2.73. The zero-order chi connectivity index (χ0) is 10.1. The summed E-state index contributed by atoms with van der Waals surface area (Å²) in [6, 6.07) is 6.15. The number of aryl methyl sites for hydroxylation is 1. The lowest BCUT2D eigenvalue weighted by molar-refractivity contribution is 1.08. The van der Waals surface area contributed by atoms with Gasteiger partial charge in [0.15, 0.2) is 0 Å². The summed E-state index contributed by atoms with van der Waals surface area (Å²) < 4.78 is 2.16. The van der Waals surface area contributed by atoms with Crippen LogP contribution in [0.2, 0.25) is 0 Å². The molecule has 0 aliphatic rings. The molecule has 0 spiro atoms. The van der Waals surface area contributed by atoms with Gasteiger partial charge in [0.2, 0.25) is 0 Å². The van der Waals surface area contributed by atoms with Crippen LogP contribution in [0.5, 0.6) is 0 Å². The average molecular weight is 186 g/mol. The Morgan fingerprint density at radius 2 is 2.14 bits per heavy atom. The van der Waals surface area contributed by atoms with Crippen LogP contribution in [0, 0.1) is 6.92 Å². The molecule has 2 heteroatoms. The number of pyridine rings is 1. The number of hydrogen-bond donors (Lipinski definition) is 0. The number of aromatic nitrogens is 2. The Kier molecular flexibility index (Phi) is 2.12. The van der Waals surface area contributed by atoms with Gasteiger partial charge in [-0.25, -0.2) is 4.98 Å². The van der Waals surface area contributed by atoms with Crippen LogP contribution in [-0.4, -0.2) is 9.38 Å². The average Bonchev–Trinajstić information content (AvgIpc) is 2.49. The number of hydrogen-bond acceptors (Lipinski definition) is 1. The first-order chi connectivity index (χ1) is 6.68. The van der Waals surface area contributed by atoms with Gasteiger partial charge in [-0.3, -0.25) is 4.40 Å². The summed E-state index contributed by atoms with van der Waals surface area (Å²) in [6.45, 7) is 6.28. The minimum absolute atomic E-state index is 1.01. The normalized spacial score (nSPS) is 10.5. The number of imidazole rings is 1. The van der Waals surface area contributed by atoms with E-state index in [-0.39, 0.29) is 0 Å². The molecule has 2 aromatic heterocycles. The summed E-state index contributed by atoms with van der Waals surface area (Å²) in [4.78, 5) is 4.35. The molecule has 0 radical (unpaired) electrons. The summed E-state index contributed by atoms with van der Waals surface area (Å²) in [5, 5.41) is 0. The van der Waals surface area contributed by atoms with Crippen LogP contribution in [-0.2, 0) is 0 Å². The Labute approximate surface area is 83.9 Å². The van der Waals surface area contributed by atoms with Crippen LogP contribution >= 0.6 is 0 Å². The van der Waals surface area contributed by atoms with Crippen molar-refractivity contribution in [2.75, 3.05) is 0 Å². The minimum Gasteiger partial charge on any atom is -0.298 e. The van der Waals surface area contributed by atoms with Gasteiger partial charge in [0.25, 0.3) is 0 Å². The topological polar surface area (TPSA) is 17.3 Å². The van der Waals surface area contributed by atoms with E-state index >= 15 is 0 Å². The molecule has 0 saturated carbocycles. The van der Waals surface area contributed by atoms with Gasteiger partial charge in [0.05, 0.1) is 11.9 Å². The molecule has 0 aromatic carbocycles. The van der Waals surface area contributed by atoms with Gasteiger partial charge in [0.1, 0.15) is 5.65 Å². The molecule has 0 N–H and O–H groups in total. The van der Waals surface area contributed by atoms with Crippen LogP contribution in [0.4, 0.5) is 0 Å². The summed E-state index contributed by atoms with van der Waals surface area (Å²) in [7, 11) is 0. The number of fused-ring (bicyclic) bond motifs is 1.